The first-order valence-corrected chi connectivity index (χ1v) is 13.1. The standard InChI is InChI=1S/C28H33F3N6O3/c1-18(20-7-5-4-6-8-20)26(38)32-22-13-21(28(29,30)31)14-23(15-22)33-27(39)34-25-17-37(35-40-25)24-11-9-19(10-12-24)16-36(2)3/h4-8,13-15,17-19,24H,9-12,16H2,1-3H3,(H2-,32,33,34,35,38,39)/t18-,19?,24?/m1/s1. The van der Waals surface area contributed by atoms with E-state index < -0.39 is 29.6 Å². The number of benzene rings is 2. The average molecular weight is 559 g/mol. The second kappa shape index (κ2) is 12.5. The van der Waals surface area contributed by atoms with Crippen LogP contribution in [-0.4, -0.2) is 42.7 Å². The summed E-state index contributed by atoms with van der Waals surface area (Å²) in [6.45, 7) is 2.66. The molecular formula is C28H33F3N6O3. The van der Waals surface area contributed by atoms with E-state index in [0.29, 0.717) is 11.5 Å². The number of carbonyl (C=O) groups excluding carboxylic acids is 1. The van der Waals surface area contributed by atoms with Gasteiger partial charge in [-0.2, -0.15) is 13.2 Å². The Kier molecular flexibility index (Phi) is 9.08. The molecule has 0 unspecified atom stereocenters. The van der Waals surface area contributed by atoms with Crippen LogP contribution in [-0.2, 0) is 6.18 Å². The number of anilines is 2. The van der Waals surface area contributed by atoms with Gasteiger partial charge in [0.1, 0.15) is 0 Å². The van der Waals surface area contributed by atoms with E-state index >= 15 is 0 Å². The summed E-state index contributed by atoms with van der Waals surface area (Å²) < 4.78 is 47.6. The van der Waals surface area contributed by atoms with Crippen LogP contribution in [0.1, 0.15) is 55.7 Å². The van der Waals surface area contributed by atoms with Gasteiger partial charge in [-0.3, -0.25) is 14.8 Å². The second-order valence-electron chi connectivity index (χ2n) is 10.4. The number of nitrogens with one attached hydrogen (secondary N) is 2. The molecule has 1 atom stereocenters. The molecule has 1 aromatic heterocycles. The van der Waals surface area contributed by atoms with E-state index in [1.807, 2.05) is 0 Å². The topological polar surface area (TPSA) is 110 Å². The van der Waals surface area contributed by atoms with Crippen LogP contribution in [0.4, 0.5) is 35.2 Å². The van der Waals surface area contributed by atoms with E-state index in [4.69, 9.17) is 4.52 Å². The third kappa shape index (κ3) is 7.81. The largest absolute Gasteiger partial charge is 0.861 e. The van der Waals surface area contributed by atoms with Gasteiger partial charge in [0.05, 0.1) is 11.3 Å². The summed E-state index contributed by atoms with van der Waals surface area (Å²) in [4.78, 5) is 18.7. The van der Waals surface area contributed by atoms with Crippen molar-refractivity contribution < 1.29 is 32.3 Å². The van der Waals surface area contributed by atoms with Gasteiger partial charge >= 0.3 is 18.1 Å². The Morgan fingerprint density at radius 2 is 1.85 bits per heavy atom. The molecule has 12 heteroatoms. The van der Waals surface area contributed by atoms with Crippen LogP contribution >= 0.6 is 0 Å². The first kappa shape index (κ1) is 29.1. The van der Waals surface area contributed by atoms with Crippen LogP contribution in [0.2, 0.25) is 0 Å². The fourth-order valence-corrected chi connectivity index (χ4v) is 4.89. The van der Waals surface area contributed by atoms with Crippen LogP contribution < -0.4 is 20.4 Å². The summed E-state index contributed by atoms with van der Waals surface area (Å²) in [5, 5.41) is 21.5. The zero-order valence-corrected chi connectivity index (χ0v) is 22.6. The molecule has 214 valence electrons. The maximum absolute atomic E-state index is 13.6. The van der Waals surface area contributed by atoms with Crippen molar-refractivity contribution in [1.29, 1.82) is 0 Å². The summed E-state index contributed by atoms with van der Waals surface area (Å²) in [6.07, 6.45) is 0.823. The molecular weight excluding hydrogens is 525 g/mol. The highest BCUT2D eigenvalue weighted by molar-refractivity contribution is 5.99. The molecule has 0 saturated heterocycles. The molecule has 0 bridgehead atoms. The van der Waals surface area contributed by atoms with Crippen molar-refractivity contribution in [3.63, 3.8) is 0 Å². The monoisotopic (exact) mass is 558 g/mol. The van der Waals surface area contributed by atoms with Gasteiger partial charge in [-0.05, 0) is 67.2 Å². The van der Waals surface area contributed by atoms with Gasteiger partial charge in [0.25, 0.3) is 6.20 Å². The lowest BCUT2D eigenvalue weighted by molar-refractivity contribution is -0.787. The minimum Gasteiger partial charge on any atom is -0.861 e. The molecule has 3 aromatic rings. The number of carbonyl (C=O) groups is 1. The lowest BCUT2D eigenvalue weighted by atomic mass is 9.86. The quantitative estimate of drug-likeness (QED) is 0.227. The summed E-state index contributed by atoms with van der Waals surface area (Å²) in [5.74, 6) is -0.584. The van der Waals surface area contributed by atoms with Gasteiger partial charge in [0.2, 0.25) is 5.27 Å². The first-order valence-electron chi connectivity index (χ1n) is 13.1. The second-order valence-corrected chi connectivity index (χ2v) is 10.4. The first-order chi connectivity index (χ1) is 19.0. The number of aliphatic imine (C=N–C) groups is 1. The van der Waals surface area contributed by atoms with Crippen LogP contribution in [0.3, 0.4) is 0 Å². The van der Waals surface area contributed by atoms with Crippen molar-refractivity contribution in [2.24, 2.45) is 10.9 Å². The fourth-order valence-electron chi connectivity index (χ4n) is 4.89. The van der Waals surface area contributed by atoms with Crippen molar-refractivity contribution in [2.75, 3.05) is 31.3 Å². The van der Waals surface area contributed by atoms with Gasteiger partial charge in [0.15, 0.2) is 6.04 Å². The molecule has 0 radical (unpaired) electrons. The third-order valence-corrected chi connectivity index (χ3v) is 6.95. The highest BCUT2D eigenvalue weighted by atomic mass is 19.4. The molecule has 1 saturated carbocycles. The number of alkyl halides is 3. The molecule has 0 spiro atoms. The molecule has 0 aliphatic heterocycles. The van der Waals surface area contributed by atoms with Crippen molar-refractivity contribution in [1.82, 2.24) is 10.2 Å². The van der Waals surface area contributed by atoms with E-state index in [-0.39, 0.29) is 23.3 Å². The normalized spacial score (nSPS) is 18.9. The molecule has 2 amide bonds. The molecule has 1 aliphatic carbocycles. The molecule has 4 rings (SSSR count). The SMILES string of the molecule is C[C@@H](C([O-])=Nc1cc(NC(=O)Nc2c[n+](C3CCC(CN(C)C)CC3)no2)cc(C(F)(F)F)c1)c1ccccc1. The van der Waals surface area contributed by atoms with Crippen LogP contribution in [0, 0.1) is 5.92 Å². The molecule has 1 aliphatic rings. The maximum Gasteiger partial charge on any atom is 0.416 e. The highest BCUT2D eigenvalue weighted by Gasteiger charge is 2.32. The third-order valence-electron chi connectivity index (χ3n) is 6.95. The smallest absolute Gasteiger partial charge is 0.416 e. The van der Waals surface area contributed by atoms with Crippen molar-refractivity contribution in [3.8, 4) is 0 Å². The van der Waals surface area contributed by atoms with Crippen LogP contribution in [0.5, 0.6) is 0 Å². The Morgan fingerprint density at radius 1 is 1.15 bits per heavy atom. The van der Waals surface area contributed by atoms with Crippen molar-refractivity contribution in [3.05, 3.63) is 65.9 Å². The van der Waals surface area contributed by atoms with Crippen LogP contribution in [0.15, 0.2) is 64.2 Å². The summed E-state index contributed by atoms with van der Waals surface area (Å²) in [5.41, 5.74) is -0.767. The summed E-state index contributed by atoms with van der Waals surface area (Å²) >= 11 is 0. The lowest BCUT2D eigenvalue weighted by Crippen LogP contribution is -2.43. The van der Waals surface area contributed by atoms with E-state index in [1.54, 1.807) is 48.1 Å². The Bertz CT molecular complexity index is 1320. The van der Waals surface area contributed by atoms with Crippen molar-refractivity contribution in [2.45, 2.75) is 50.7 Å². The Labute approximate surface area is 230 Å². The number of urea groups is 1. The van der Waals surface area contributed by atoms with E-state index in [2.05, 4.69) is 39.9 Å². The van der Waals surface area contributed by atoms with Gasteiger partial charge in [-0.1, -0.05) is 37.3 Å². The zero-order chi connectivity index (χ0) is 28.9. The number of amides is 2. The number of nitrogens with zero attached hydrogens (tertiary/aromatic N) is 4. The Hall–Kier alpha value is -3.93. The molecule has 9 nitrogen and oxygen atoms in total. The van der Waals surface area contributed by atoms with Crippen LogP contribution in [0.25, 0.3) is 0 Å². The predicted octanol–water partition coefficient (Wildman–Crippen LogP) is 5.11. The summed E-state index contributed by atoms with van der Waals surface area (Å²) in [7, 11) is 4.12. The molecule has 40 heavy (non-hydrogen) atoms. The number of halogens is 3. The van der Waals surface area contributed by atoms with E-state index in [9.17, 15) is 23.1 Å². The molecule has 2 N–H and O–H groups in total. The van der Waals surface area contributed by atoms with E-state index in [1.165, 1.54) is 6.07 Å². The maximum atomic E-state index is 13.6. The van der Waals surface area contributed by atoms with Gasteiger partial charge < -0.3 is 15.3 Å². The fraction of sp³-hybridized carbons (Fsp3) is 0.429. The number of rotatable bonds is 8. The van der Waals surface area contributed by atoms with Crippen molar-refractivity contribution >= 4 is 29.2 Å². The molecule has 1 heterocycles. The zero-order valence-electron chi connectivity index (χ0n) is 22.6. The average Bonchev–Trinajstić information content (AvgIpc) is 3.36. The molecule has 1 fully saturated rings. The minimum absolute atomic E-state index is 0.0525. The predicted molar refractivity (Wildman–Crippen MR) is 142 cm³/mol. The Balaban J connectivity index is 1.43. The summed E-state index contributed by atoms with van der Waals surface area (Å²) in [6, 6.07) is 10.9. The number of hydrogen-bond donors (Lipinski definition) is 2. The molecule has 2 aromatic carbocycles. The highest BCUT2D eigenvalue weighted by Crippen LogP contribution is 2.35. The van der Waals surface area contributed by atoms with Gasteiger partial charge in [-0.25, -0.2) is 4.79 Å². The van der Waals surface area contributed by atoms with Gasteiger partial charge in [-0.15, -0.1) is 0 Å². The number of aromatic nitrogens is 2. The lowest BCUT2D eigenvalue weighted by Gasteiger charge is -2.26. The number of hydrogen-bond acceptors (Lipinski definition) is 6. The minimum atomic E-state index is -4.71. The van der Waals surface area contributed by atoms with E-state index in [0.717, 1.165) is 44.4 Å². The Morgan fingerprint density at radius 3 is 2.50 bits per heavy atom. The van der Waals surface area contributed by atoms with Gasteiger partial charge in [0, 0.05) is 31.0 Å².